The van der Waals surface area contributed by atoms with Gasteiger partial charge < -0.3 is 10.6 Å². The largest absolute Gasteiger partial charge is 0.360 e. The van der Waals surface area contributed by atoms with Crippen molar-refractivity contribution >= 4 is 29.0 Å². The zero-order valence-electron chi connectivity index (χ0n) is 15.3. The molecule has 0 saturated heterocycles. The zero-order valence-corrected chi connectivity index (χ0v) is 16.1. The highest BCUT2D eigenvalue weighted by molar-refractivity contribution is 7.98. The molecular weight excluding hydrogens is 342 g/mol. The van der Waals surface area contributed by atoms with Gasteiger partial charge in [0.05, 0.1) is 0 Å². The van der Waals surface area contributed by atoms with Gasteiger partial charge in [-0.05, 0) is 48.4 Å². The molecule has 0 saturated carbocycles. The van der Waals surface area contributed by atoms with Crippen LogP contribution in [0.5, 0.6) is 0 Å². The predicted molar refractivity (Wildman–Crippen MR) is 109 cm³/mol. The van der Waals surface area contributed by atoms with Gasteiger partial charge >= 0.3 is 0 Å². The summed E-state index contributed by atoms with van der Waals surface area (Å²) in [5, 5.41) is 15.3. The van der Waals surface area contributed by atoms with E-state index in [0.717, 1.165) is 40.2 Å². The third-order valence-corrected chi connectivity index (χ3v) is 4.78. The van der Waals surface area contributed by atoms with Crippen molar-refractivity contribution in [3.63, 3.8) is 0 Å². The van der Waals surface area contributed by atoms with Crippen molar-refractivity contribution in [2.75, 3.05) is 16.9 Å². The van der Waals surface area contributed by atoms with Crippen LogP contribution in [-0.4, -0.2) is 12.2 Å². The Kier molecular flexibility index (Phi) is 7.31. The summed E-state index contributed by atoms with van der Waals surface area (Å²) in [6.45, 7) is 4.09. The Balaban J connectivity index is 2.20. The highest BCUT2D eigenvalue weighted by Gasteiger charge is 2.13. The molecule has 0 heterocycles. The van der Waals surface area contributed by atoms with Crippen LogP contribution in [0.4, 0.5) is 11.4 Å². The second-order valence-electron chi connectivity index (χ2n) is 5.66. The number of nitrogens with one attached hydrogen (secondary N) is 2. The van der Waals surface area contributed by atoms with Crippen molar-refractivity contribution in [1.29, 1.82) is 5.26 Å². The van der Waals surface area contributed by atoms with Crippen molar-refractivity contribution in [3.8, 4) is 6.07 Å². The van der Waals surface area contributed by atoms with Gasteiger partial charge in [0.15, 0.2) is 0 Å². The maximum atomic E-state index is 12.6. The first-order valence-electron chi connectivity index (χ1n) is 8.55. The molecule has 0 aromatic heterocycles. The van der Waals surface area contributed by atoms with Crippen LogP contribution in [0.15, 0.2) is 59.1 Å². The van der Waals surface area contributed by atoms with Crippen LogP contribution in [0.3, 0.4) is 0 Å². The molecule has 26 heavy (non-hydrogen) atoms. The van der Waals surface area contributed by atoms with E-state index in [2.05, 4.69) is 10.6 Å². The van der Waals surface area contributed by atoms with E-state index in [4.69, 9.17) is 0 Å². The molecular formula is C21H23N3OS. The molecule has 2 aromatic rings. The number of carbonyl (C=O) groups excluding carboxylic acids is 1. The van der Waals surface area contributed by atoms with Gasteiger partial charge in [0.1, 0.15) is 11.6 Å². The normalized spacial score (nSPS) is 10.9. The number of nitriles is 1. The number of para-hydroxylation sites is 1. The van der Waals surface area contributed by atoms with Gasteiger partial charge in [-0.15, -0.1) is 11.8 Å². The highest BCUT2D eigenvalue weighted by atomic mass is 32.2. The number of carbonyl (C=O) groups is 1. The summed E-state index contributed by atoms with van der Waals surface area (Å²) < 4.78 is 0. The summed E-state index contributed by atoms with van der Waals surface area (Å²) in [6.07, 6.45) is 5.08. The van der Waals surface area contributed by atoms with E-state index in [1.807, 2.05) is 68.6 Å². The van der Waals surface area contributed by atoms with Crippen molar-refractivity contribution in [2.45, 2.75) is 31.6 Å². The molecule has 0 aliphatic heterocycles. The Labute approximate surface area is 159 Å². The van der Waals surface area contributed by atoms with Crippen LogP contribution in [0.25, 0.3) is 0 Å². The van der Waals surface area contributed by atoms with Gasteiger partial charge in [-0.1, -0.05) is 38.1 Å². The average Bonchev–Trinajstić information content (AvgIpc) is 2.68. The van der Waals surface area contributed by atoms with E-state index in [1.54, 1.807) is 11.8 Å². The number of hydrogen-bond donors (Lipinski definition) is 2. The molecule has 0 unspecified atom stereocenters. The third kappa shape index (κ3) is 4.90. The first-order chi connectivity index (χ1) is 12.6. The van der Waals surface area contributed by atoms with E-state index in [0.29, 0.717) is 0 Å². The SMILES string of the molecule is CCc1cccc(CC)c1NC(=O)/C(C#N)=C\Nc1cccc(SC)c1. The Morgan fingerprint density at radius 3 is 2.38 bits per heavy atom. The first-order valence-corrected chi connectivity index (χ1v) is 9.78. The number of benzene rings is 2. The van der Waals surface area contributed by atoms with E-state index >= 15 is 0 Å². The molecule has 0 radical (unpaired) electrons. The standard InChI is InChI=1S/C21H23N3OS/c1-4-15-8-6-9-16(5-2)20(15)24-21(25)17(13-22)14-23-18-10-7-11-19(12-18)26-3/h6-12,14,23H,4-5H2,1-3H3,(H,24,25)/b17-14-. The molecule has 134 valence electrons. The van der Waals surface area contributed by atoms with Crippen LogP contribution in [0.2, 0.25) is 0 Å². The van der Waals surface area contributed by atoms with Crippen LogP contribution in [0.1, 0.15) is 25.0 Å². The zero-order chi connectivity index (χ0) is 18.9. The van der Waals surface area contributed by atoms with Crippen LogP contribution in [-0.2, 0) is 17.6 Å². The molecule has 4 nitrogen and oxygen atoms in total. The summed E-state index contributed by atoms with van der Waals surface area (Å²) in [5.41, 5.74) is 3.81. The minimum absolute atomic E-state index is 0.0347. The number of aryl methyl sites for hydroxylation is 2. The maximum absolute atomic E-state index is 12.6. The first kappa shape index (κ1) is 19.6. The molecule has 2 aromatic carbocycles. The molecule has 0 atom stereocenters. The van der Waals surface area contributed by atoms with Gasteiger partial charge in [-0.2, -0.15) is 5.26 Å². The van der Waals surface area contributed by atoms with E-state index in [9.17, 15) is 10.1 Å². The number of rotatable bonds is 7. The van der Waals surface area contributed by atoms with Gasteiger partial charge in [-0.3, -0.25) is 4.79 Å². The molecule has 1 amide bonds. The minimum atomic E-state index is -0.406. The fourth-order valence-electron chi connectivity index (χ4n) is 2.60. The summed E-state index contributed by atoms with van der Waals surface area (Å²) in [4.78, 5) is 13.7. The lowest BCUT2D eigenvalue weighted by Crippen LogP contribution is -2.17. The summed E-state index contributed by atoms with van der Waals surface area (Å²) in [5.74, 6) is -0.406. The van der Waals surface area contributed by atoms with Crippen LogP contribution in [0, 0.1) is 11.3 Å². The molecule has 5 heteroatoms. The topological polar surface area (TPSA) is 64.9 Å². The molecule has 0 aliphatic carbocycles. The van der Waals surface area contributed by atoms with E-state index < -0.39 is 5.91 Å². The smallest absolute Gasteiger partial charge is 0.267 e. The molecule has 2 rings (SSSR count). The van der Waals surface area contributed by atoms with Crippen LogP contribution >= 0.6 is 11.8 Å². The number of thioether (sulfide) groups is 1. The number of amides is 1. The van der Waals surface area contributed by atoms with Crippen LogP contribution < -0.4 is 10.6 Å². The second kappa shape index (κ2) is 9.69. The third-order valence-electron chi connectivity index (χ3n) is 4.06. The van der Waals surface area contributed by atoms with E-state index in [1.165, 1.54) is 6.20 Å². The fraction of sp³-hybridized carbons (Fsp3) is 0.238. The molecule has 0 spiro atoms. The summed E-state index contributed by atoms with van der Waals surface area (Å²) in [6, 6.07) is 15.8. The minimum Gasteiger partial charge on any atom is -0.360 e. The molecule has 0 aliphatic rings. The lowest BCUT2D eigenvalue weighted by molar-refractivity contribution is -0.112. The number of anilines is 2. The molecule has 0 fully saturated rings. The monoisotopic (exact) mass is 365 g/mol. The van der Waals surface area contributed by atoms with Crippen molar-refractivity contribution in [2.24, 2.45) is 0 Å². The van der Waals surface area contributed by atoms with E-state index in [-0.39, 0.29) is 5.57 Å². The van der Waals surface area contributed by atoms with Gasteiger partial charge in [0.2, 0.25) is 0 Å². The Morgan fingerprint density at radius 2 is 1.81 bits per heavy atom. The van der Waals surface area contributed by atoms with Gasteiger partial charge in [-0.25, -0.2) is 0 Å². The average molecular weight is 366 g/mol. The fourth-order valence-corrected chi connectivity index (χ4v) is 3.06. The number of hydrogen-bond acceptors (Lipinski definition) is 4. The number of nitrogens with zero attached hydrogens (tertiary/aromatic N) is 1. The van der Waals surface area contributed by atoms with Gasteiger partial charge in [0, 0.05) is 22.5 Å². The van der Waals surface area contributed by atoms with Gasteiger partial charge in [0.25, 0.3) is 5.91 Å². The Morgan fingerprint density at radius 1 is 1.15 bits per heavy atom. The summed E-state index contributed by atoms with van der Waals surface area (Å²) >= 11 is 1.63. The van der Waals surface area contributed by atoms with Crippen molar-refractivity contribution < 1.29 is 4.79 Å². The maximum Gasteiger partial charge on any atom is 0.267 e. The lowest BCUT2D eigenvalue weighted by Gasteiger charge is -2.14. The van der Waals surface area contributed by atoms with Crippen molar-refractivity contribution in [3.05, 3.63) is 65.4 Å². The second-order valence-corrected chi connectivity index (χ2v) is 6.54. The Hall–Kier alpha value is -2.71. The highest BCUT2D eigenvalue weighted by Crippen LogP contribution is 2.23. The molecule has 0 bridgehead atoms. The molecule has 2 N–H and O–H groups in total. The lowest BCUT2D eigenvalue weighted by atomic mass is 10.0. The Bertz CT molecular complexity index is 830. The quantitative estimate of drug-likeness (QED) is 0.412. The van der Waals surface area contributed by atoms with Crippen molar-refractivity contribution in [1.82, 2.24) is 0 Å². The predicted octanol–water partition coefficient (Wildman–Crippen LogP) is 4.99. The summed E-state index contributed by atoms with van der Waals surface area (Å²) in [7, 11) is 0.